The Kier molecular flexibility index (Phi) is 5.48. The number of rotatable bonds is 5. The van der Waals surface area contributed by atoms with E-state index in [0.717, 1.165) is 19.6 Å². The van der Waals surface area contributed by atoms with Crippen molar-refractivity contribution < 1.29 is 9.18 Å². The van der Waals surface area contributed by atoms with E-state index < -0.39 is 0 Å². The molecule has 0 radical (unpaired) electrons. The predicted octanol–water partition coefficient (Wildman–Crippen LogP) is 2.73. The van der Waals surface area contributed by atoms with E-state index >= 15 is 0 Å². The summed E-state index contributed by atoms with van der Waals surface area (Å²) in [6, 6.07) is 5.26. The van der Waals surface area contributed by atoms with Crippen molar-refractivity contribution in [2.75, 3.05) is 33.7 Å². The summed E-state index contributed by atoms with van der Waals surface area (Å²) >= 11 is 0. The normalized spacial score (nSPS) is 20.0. The van der Waals surface area contributed by atoms with Crippen LogP contribution in [0.5, 0.6) is 0 Å². The number of halogens is 1. The molecule has 0 saturated carbocycles. The Morgan fingerprint density at radius 1 is 1.48 bits per heavy atom. The minimum atomic E-state index is -0.303. The highest BCUT2D eigenvalue weighted by atomic mass is 19.1. The number of aryl methyl sites for hydroxylation is 1. The third kappa shape index (κ3) is 4.35. The van der Waals surface area contributed by atoms with Crippen LogP contribution in [0.2, 0.25) is 0 Å². The number of hydrogen-bond donors (Lipinski definition) is 0. The Balaban J connectivity index is 1.86. The van der Waals surface area contributed by atoms with Crippen LogP contribution in [0.3, 0.4) is 0 Å². The van der Waals surface area contributed by atoms with E-state index in [4.69, 9.17) is 0 Å². The first-order chi connectivity index (χ1) is 9.97. The molecule has 0 N–H and O–H groups in total. The number of piperidine rings is 1. The van der Waals surface area contributed by atoms with Gasteiger partial charge in [-0.15, -0.1) is 0 Å². The van der Waals surface area contributed by atoms with Gasteiger partial charge in [0.05, 0.1) is 0 Å². The molecule has 1 unspecified atom stereocenters. The monoisotopic (exact) mass is 292 g/mol. The predicted molar refractivity (Wildman–Crippen MR) is 83.2 cm³/mol. The molecule has 0 bridgehead atoms. The molecule has 1 atom stereocenters. The minimum Gasteiger partial charge on any atom is -0.305 e. The molecule has 0 aromatic heterocycles. The van der Waals surface area contributed by atoms with Crippen LogP contribution >= 0.6 is 0 Å². The number of carbonyl (C=O) groups excluding carboxylic acids is 1. The van der Waals surface area contributed by atoms with Crippen molar-refractivity contribution in [1.29, 1.82) is 0 Å². The molecule has 3 nitrogen and oxygen atoms in total. The first kappa shape index (κ1) is 16.1. The molecule has 21 heavy (non-hydrogen) atoms. The quantitative estimate of drug-likeness (QED) is 0.780. The van der Waals surface area contributed by atoms with Crippen molar-refractivity contribution in [1.82, 2.24) is 9.80 Å². The first-order valence-corrected chi connectivity index (χ1v) is 7.65. The second kappa shape index (κ2) is 7.14. The van der Waals surface area contributed by atoms with Gasteiger partial charge in [-0.2, -0.15) is 0 Å². The van der Waals surface area contributed by atoms with Gasteiger partial charge in [-0.3, -0.25) is 4.79 Å². The summed E-state index contributed by atoms with van der Waals surface area (Å²) in [4.78, 5) is 16.8. The maximum Gasteiger partial charge on any atom is 0.164 e. The van der Waals surface area contributed by atoms with E-state index in [1.165, 1.54) is 18.9 Å². The Labute approximate surface area is 126 Å². The van der Waals surface area contributed by atoms with Crippen LogP contribution in [0, 0.1) is 12.7 Å². The van der Waals surface area contributed by atoms with E-state index in [9.17, 15) is 9.18 Å². The Hall–Kier alpha value is -1.26. The average Bonchev–Trinajstić information content (AvgIpc) is 2.47. The average molecular weight is 292 g/mol. The van der Waals surface area contributed by atoms with Crippen molar-refractivity contribution in [3.05, 3.63) is 35.1 Å². The first-order valence-electron chi connectivity index (χ1n) is 7.65. The van der Waals surface area contributed by atoms with Crippen molar-refractivity contribution in [3.63, 3.8) is 0 Å². The van der Waals surface area contributed by atoms with Gasteiger partial charge in [-0.1, -0.05) is 12.1 Å². The van der Waals surface area contributed by atoms with Crippen molar-refractivity contribution in [2.24, 2.45) is 0 Å². The van der Waals surface area contributed by atoms with Crippen LogP contribution in [0.1, 0.15) is 35.2 Å². The summed E-state index contributed by atoms with van der Waals surface area (Å²) in [5.41, 5.74) is 1.06. The van der Waals surface area contributed by atoms with E-state index in [1.54, 1.807) is 19.1 Å². The lowest BCUT2D eigenvalue weighted by atomic mass is 10.0. The molecule has 1 aliphatic heterocycles. The fourth-order valence-corrected chi connectivity index (χ4v) is 2.87. The molecule has 0 aliphatic carbocycles. The zero-order chi connectivity index (χ0) is 15.4. The molecule has 0 amide bonds. The summed E-state index contributed by atoms with van der Waals surface area (Å²) in [5, 5.41) is 0. The highest BCUT2D eigenvalue weighted by Gasteiger charge is 2.21. The topological polar surface area (TPSA) is 23.6 Å². The SMILES string of the molecule is Cc1ccc(C(=O)CCN(C)C2CCCN(C)C2)cc1F. The van der Waals surface area contributed by atoms with Crippen molar-refractivity contribution in [3.8, 4) is 0 Å². The van der Waals surface area contributed by atoms with Crippen molar-refractivity contribution >= 4 is 5.78 Å². The molecule has 1 aromatic rings. The zero-order valence-electron chi connectivity index (χ0n) is 13.2. The maximum absolute atomic E-state index is 13.5. The lowest BCUT2D eigenvalue weighted by Gasteiger charge is -2.35. The number of nitrogens with zero attached hydrogens (tertiary/aromatic N) is 2. The zero-order valence-corrected chi connectivity index (χ0v) is 13.2. The minimum absolute atomic E-state index is 0.0184. The number of hydrogen-bond acceptors (Lipinski definition) is 3. The second-order valence-electron chi connectivity index (χ2n) is 6.18. The Morgan fingerprint density at radius 3 is 2.90 bits per heavy atom. The lowest BCUT2D eigenvalue weighted by Crippen LogP contribution is -2.45. The number of likely N-dealkylation sites (N-methyl/N-ethyl adjacent to an activating group) is 2. The number of carbonyl (C=O) groups is 1. The number of ketones is 1. The Bertz CT molecular complexity index is 504. The van der Waals surface area contributed by atoms with E-state index in [2.05, 4.69) is 23.9 Å². The highest BCUT2D eigenvalue weighted by Crippen LogP contribution is 2.15. The van der Waals surface area contributed by atoms with Gasteiger partial charge in [-0.25, -0.2) is 4.39 Å². The maximum atomic E-state index is 13.5. The number of benzene rings is 1. The van der Waals surface area contributed by atoms with E-state index in [1.807, 2.05) is 0 Å². The van der Waals surface area contributed by atoms with Gasteiger partial charge in [0.1, 0.15) is 5.82 Å². The Morgan fingerprint density at radius 2 is 2.24 bits per heavy atom. The van der Waals surface area contributed by atoms with Crippen LogP contribution in [-0.4, -0.2) is 55.4 Å². The molecule has 116 valence electrons. The number of Topliss-reactive ketones (excluding diaryl/α,β-unsaturated/α-hetero) is 1. The summed E-state index contributed by atoms with van der Waals surface area (Å²) in [6.45, 7) is 4.65. The third-order valence-electron chi connectivity index (χ3n) is 4.41. The fourth-order valence-electron chi connectivity index (χ4n) is 2.87. The fraction of sp³-hybridized carbons (Fsp3) is 0.588. The smallest absolute Gasteiger partial charge is 0.164 e. The lowest BCUT2D eigenvalue weighted by molar-refractivity contribution is 0.0931. The van der Waals surface area contributed by atoms with Gasteiger partial charge in [0.25, 0.3) is 0 Å². The van der Waals surface area contributed by atoms with Gasteiger partial charge >= 0.3 is 0 Å². The van der Waals surface area contributed by atoms with Gasteiger partial charge in [0.15, 0.2) is 5.78 Å². The molecule has 1 heterocycles. The summed E-state index contributed by atoms with van der Waals surface area (Å²) in [7, 11) is 4.22. The van der Waals surface area contributed by atoms with Crippen molar-refractivity contribution in [2.45, 2.75) is 32.2 Å². The number of likely N-dealkylation sites (tertiary alicyclic amines) is 1. The molecule has 1 fully saturated rings. The highest BCUT2D eigenvalue weighted by molar-refractivity contribution is 5.96. The van der Waals surface area contributed by atoms with E-state index in [0.29, 0.717) is 23.6 Å². The molecule has 0 spiro atoms. The van der Waals surface area contributed by atoms with Gasteiger partial charge in [-0.05, 0) is 52.0 Å². The summed E-state index contributed by atoms with van der Waals surface area (Å²) < 4.78 is 13.5. The van der Waals surface area contributed by atoms with E-state index in [-0.39, 0.29) is 11.6 Å². The van der Waals surface area contributed by atoms with Crippen LogP contribution < -0.4 is 0 Å². The largest absolute Gasteiger partial charge is 0.305 e. The second-order valence-corrected chi connectivity index (χ2v) is 6.18. The molecule has 2 rings (SSSR count). The van der Waals surface area contributed by atoms with Gasteiger partial charge < -0.3 is 9.80 Å². The molecule has 1 aliphatic rings. The summed E-state index contributed by atoms with van der Waals surface area (Å²) in [6.07, 6.45) is 2.84. The molecule has 1 aromatic carbocycles. The molecular formula is C17H25FN2O. The third-order valence-corrected chi connectivity index (χ3v) is 4.41. The summed E-state index contributed by atoms with van der Waals surface area (Å²) in [5.74, 6) is -0.284. The molecular weight excluding hydrogens is 267 g/mol. The molecule has 4 heteroatoms. The van der Waals surface area contributed by atoms with Crippen LogP contribution in [0.4, 0.5) is 4.39 Å². The van der Waals surface area contributed by atoms with Gasteiger partial charge in [0, 0.05) is 31.1 Å². The standard InChI is InChI=1S/C17H25FN2O/c1-13-6-7-14(11-16(13)18)17(21)8-10-20(3)15-5-4-9-19(2)12-15/h6-7,11,15H,4-5,8-10,12H2,1-3H3. The van der Waals surface area contributed by atoms with Crippen LogP contribution in [0.15, 0.2) is 18.2 Å². The molecule has 1 saturated heterocycles. The van der Waals surface area contributed by atoms with Crippen LogP contribution in [-0.2, 0) is 0 Å². The van der Waals surface area contributed by atoms with Gasteiger partial charge in [0.2, 0.25) is 0 Å². The van der Waals surface area contributed by atoms with Crippen LogP contribution in [0.25, 0.3) is 0 Å².